The van der Waals surface area contributed by atoms with Crippen molar-refractivity contribution in [1.82, 2.24) is 5.32 Å². The van der Waals surface area contributed by atoms with Gasteiger partial charge < -0.3 is 14.8 Å². The van der Waals surface area contributed by atoms with Crippen LogP contribution in [0.5, 0.6) is 0 Å². The van der Waals surface area contributed by atoms with E-state index in [1.807, 2.05) is 0 Å². The third-order valence-corrected chi connectivity index (χ3v) is 4.59. The Morgan fingerprint density at radius 2 is 2.00 bits per heavy atom. The first-order chi connectivity index (χ1) is 10.3. The van der Waals surface area contributed by atoms with Crippen LogP contribution in [0.25, 0.3) is 0 Å². The molecule has 1 aromatic heterocycles. The van der Waals surface area contributed by atoms with Gasteiger partial charge in [-0.3, -0.25) is 4.79 Å². The van der Waals surface area contributed by atoms with Gasteiger partial charge >= 0.3 is 5.97 Å². The molecule has 0 unspecified atom stereocenters. The van der Waals surface area contributed by atoms with Crippen LogP contribution < -0.4 is 5.32 Å². The van der Waals surface area contributed by atoms with Crippen LogP contribution in [0.3, 0.4) is 0 Å². The fourth-order valence-corrected chi connectivity index (χ4v) is 3.03. The van der Waals surface area contributed by atoms with Gasteiger partial charge in [-0.1, -0.05) is 13.8 Å². The largest absolute Gasteiger partial charge is 0.478 e. The number of aryl methyl sites for hydroxylation is 1. The van der Waals surface area contributed by atoms with Crippen molar-refractivity contribution in [3.63, 3.8) is 0 Å². The number of carbonyl (C=O) groups excluding carboxylic acids is 1. The Morgan fingerprint density at radius 1 is 1.36 bits per heavy atom. The molecule has 0 atom stereocenters. The second-order valence-electron chi connectivity index (χ2n) is 7.08. The summed E-state index contributed by atoms with van der Waals surface area (Å²) in [7, 11) is 0. The number of nitrogens with one attached hydrogen (secondary N) is 1. The molecule has 0 bridgehead atoms. The SMILES string of the molecule is Cc1oc(CNC(=O)CC2CCC(C)(C)CC2)cc1C(=O)O. The maximum absolute atomic E-state index is 12.0. The number of carbonyl (C=O) groups is 2. The van der Waals surface area contributed by atoms with Crippen LogP contribution in [0.2, 0.25) is 0 Å². The predicted octanol–water partition coefficient (Wildman–Crippen LogP) is 3.51. The van der Waals surface area contributed by atoms with Gasteiger partial charge in [0.2, 0.25) is 5.91 Å². The highest BCUT2D eigenvalue weighted by molar-refractivity contribution is 5.88. The maximum atomic E-state index is 12.0. The van der Waals surface area contributed by atoms with Gasteiger partial charge in [0.05, 0.1) is 6.54 Å². The third-order valence-electron chi connectivity index (χ3n) is 4.59. The lowest BCUT2D eigenvalue weighted by molar-refractivity contribution is -0.122. The van der Waals surface area contributed by atoms with E-state index in [-0.39, 0.29) is 18.0 Å². The summed E-state index contributed by atoms with van der Waals surface area (Å²) in [5.41, 5.74) is 0.560. The second-order valence-corrected chi connectivity index (χ2v) is 7.08. The lowest BCUT2D eigenvalue weighted by atomic mass is 9.72. The number of furan rings is 1. The van der Waals surface area contributed by atoms with Gasteiger partial charge in [0.25, 0.3) is 0 Å². The van der Waals surface area contributed by atoms with E-state index in [1.165, 1.54) is 18.9 Å². The van der Waals surface area contributed by atoms with E-state index >= 15 is 0 Å². The van der Waals surface area contributed by atoms with E-state index in [1.54, 1.807) is 6.92 Å². The minimum atomic E-state index is -1.01. The van der Waals surface area contributed by atoms with Gasteiger partial charge in [0.15, 0.2) is 0 Å². The summed E-state index contributed by atoms with van der Waals surface area (Å²) >= 11 is 0. The summed E-state index contributed by atoms with van der Waals surface area (Å²) in [4.78, 5) is 22.9. The predicted molar refractivity (Wildman–Crippen MR) is 82.6 cm³/mol. The lowest BCUT2D eigenvalue weighted by Gasteiger charge is -2.34. The molecule has 1 aliphatic rings. The second kappa shape index (κ2) is 6.55. The topological polar surface area (TPSA) is 79.5 Å². The summed E-state index contributed by atoms with van der Waals surface area (Å²) in [6.45, 7) is 6.41. The Balaban J connectivity index is 1.78. The third kappa shape index (κ3) is 4.36. The molecule has 1 saturated carbocycles. The first-order valence-electron chi connectivity index (χ1n) is 7.86. The molecule has 22 heavy (non-hydrogen) atoms. The molecule has 122 valence electrons. The van der Waals surface area contributed by atoms with E-state index < -0.39 is 5.97 Å². The molecular weight excluding hydrogens is 282 g/mol. The van der Waals surface area contributed by atoms with Crippen LogP contribution in [0.4, 0.5) is 0 Å². The normalized spacial score (nSPS) is 18.1. The highest BCUT2D eigenvalue weighted by Gasteiger charge is 2.27. The fraction of sp³-hybridized carbons (Fsp3) is 0.647. The number of carboxylic acid groups (broad SMARTS) is 1. The van der Waals surface area contributed by atoms with Crippen molar-refractivity contribution in [2.75, 3.05) is 0 Å². The molecule has 0 radical (unpaired) electrons. The summed E-state index contributed by atoms with van der Waals surface area (Å²) in [5, 5.41) is 11.8. The van der Waals surface area contributed by atoms with Crippen molar-refractivity contribution in [2.24, 2.45) is 11.3 Å². The summed E-state index contributed by atoms with van der Waals surface area (Å²) in [6.07, 6.45) is 5.09. The monoisotopic (exact) mass is 307 g/mol. The first-order valence-corrected chi connectivity index (χ1v) is 7.86. The van der Waals surface area contributed by atoms with Crippen LogP contribution in [0, 0.1) is 18.3 Å². The number of aromatic carboxylic acids is 1. The lowest BCUT2D eigenvalue weighted by Crippen LogP contribution is -2.28. The van der Waals surface area contributed by atoms with Crippen molar-refractivity contribution < 1.29 is 19.1 Å². The zero-order valence-corrected chi connectivity index (χ0v) is 13.6. The van der Waals surface area contributed by atoms with E-state index in [0.29, 0.717) is 29.3 Å². The van der Waals surface area contributed by atoms with Crippen molar-refractivity contribution >= 4 is 11.9 Å². The van der Waals surface area contributed by atoms with Gasteiger partial charge in [-0.25, -0.2) is 4.79 Å². The van der Waals surface area contributed by atoms with Crippen LogP contribution in [-0.2, 0) is 11.3 Å². The Morgan fingerprint density at radius 3 is 2.55 bits per heavy atom. The van der Waals surface area contributed by atoms with Crippen molar-refractivity contribution in [1.29, 1.82) is 0 Å². The molecule has 1 fully saturated rings. The number of amides is 1. The average Bonchev–Trinajstić information content (AvgIpc) is 2.80. The average molecular weight is 307 g/mol. The Kier molecular flexibility index (Phi) is 4.94. The first kappa shape index (κ1) is 16.6. The van der Waals surface area contributed by atoms with Crippen LogP contribution >= 0.6 is 0 Å². The minimum absolute atomic E-state index is 0.00985. The molecule has 1 aromatic rings. The van der Waals surface area contributed by atoms with Gasteiger partial charge in [-0.05, 0) is 50.0 Å². The Hall–Kier alpha value is -1.78. The molecule has 1 amide bonds. The smallest absolute Gasteiger partial charge is 0.339 e. The molecule has 5 nitrogen and oxygen atoms in total. The van der Waals surface area contributed by atoms with Gasteiger partial charge in [0, 0.05) is 6.42 Å². The van der Waals surface area contributed by atoms with E-state index in [0.717, 1.165) is 12.8 Å². The molecule has 0 aliphatic heterocycles. The Labute approximate surface area is 131 Å². The molecule has 2 rings (SSSR count). The molecule has 0 saturated heterocycles. The standard InChI is InChI=1S/C17H25NO4/c1-11-14(16(20)21)9-13(22-11)10-18-15(19)8-12-4-6-17(2,3)7-5-12/h9,12H,4-8,10H2,1-3H3,(H,18,19)(H,20,21). The van der Waals surface area contributed by atoms with Gasteiger partial charge in [-0.15, -0.1) is 0 Å². The number of hydrogen-bond acceptors (Lipinski definition) is 3. The van der Waals surface area contributed by atoms with Gasteiger partial charge in [0.1, 0.15) is 17.1 Å². The molecule has 1 heterocycles. The zero-order chi connectivity index (χ0) is 16.3. The highest BCUT2D eigenvalue weighted by atomic mass is 16.4. The van der Waals surface area contributed by atoms with Crippen molar-refractivity contribution in [3.05, 3.63) is 23.2 Å². The summed E-state index contributed by atoms with van der Waals surface area (Å²) in [6, 6.07) is 1.47. The highest BCUT2D eigenvalue weighted by Crippen LogP contribution is 2.39. The summed E-state index contributed by atoms with van der Waals surface area (Å²) < 4.78 is 5.35. The van der Waals surface area contributed by atoms with Crippen LogP contribution in [0.1, 0.15) is 67.8 Å². The van der Waals surface area contributed by atoms with Crippen molar-refractivity contribution in [2.45, 2.75) is 59.4 Å². The fourth-order valence-electron chi connectivity index (χ4n) is 3.03. The number of carboxylic acids is 1. The molecular formula is C17H25NO4. The van der Waals surface area contributed by atoms with E-state index in [4.69, 9.17) is 9.52 Å². The molecule has 2 N–H and O–H groups in total. The quantitative estimate of drug-likeness (QED) is 0.872. The minimum Gasteiger partial charge on any atom is -0.478 e. The summed E-state index contributed by atoms with van der Waals surface area (Å²) in [5.74, 6) is 0.305. The van der Waals surface area contributed by atoms with Crippen LogP contribution in [0.15, 0.2) is 10.5 Å². The number of hydrogen-bond donors (Lipinski definition) is 2. The van der Waals surface area contributed by atoms with E-state index in [2.05, 4.69) is 19.2 Å². The number of rotatable bonds is 5. The van der Waals surface area contributed by atoms with Crippen LogP contribution in [-0.4, -0.2) is 17.0 Å². The van der Waals surface area contributed by atoms with Gasteiger partial charge in [-0.2, -0.15) is 0 Å². The molecule has 0 spiro atoms. The molecule has 1 aliphatic carbocycles. The molecule has 5 heteroatoms. The molecule has 0 aromatic carbocycles. The zero-order valence-electron chi connectivity index (χ0n) is 13.6. The van der Waals surface area contributed by atoms with Crippen molar-refractivity contribution in [3.8, 4) is 0 Å². The maximum Gasteiger partial charge on any atom is 0.339 e. The Bertz CT molecular complexity index is 549. The van der Waals surface area contributed by atoms with E-state index in [9.17, 15) is 9.59 Å².